The molecule has 1 atom stereocenters. The Morgan fingerprint density at radius 3 is 2.53 bits per heavy atom. The Morgan fingerprint density at radius 2 is 1.82 bits per heavy atom. The van der Waals surface area contributed by atoms with Gasteiger partial charge in [-0.15, -0.1) is 0 Å². The van der Waals surface area contributed by atoms with Crippen molar-refractivity contribution in [3.63, 3.8) is 0 Å². The highest BCUT2D eigenvalue weighted by Crippen LogP contribution is 2.37. The lowest BCUT2D eigenvalue weighted by molar-refractivity contribution is 0.136. The molecule has 3 aromatic rings. The summed E-state index contributed by atoms with van der Waals surface area (Å²) in [5.74, 6) is 0.931. The third-order valence-electron chi connectivity index (χ3n) is 6.30. The van der Waals surface area contributed by atoms with Gasteiger partial charge in [0.25, 0.3) is 5.89 Å². The molecule has 0 spiro atoms. The van der Waals surface area contributed by atoms with Crippen molar-refractivity contribution in [2.75, 3.05) is 19.8 Å². The van der Waals surface area contributed by atoms with Crippen LogP contribution < -0.4 is 5.32 Å². The Bertz CT molecular complexity index is 1200. The fraction of sp³-hybridized carbons (Fsp3) is 0.370. The van der Waals surface area contributed by atoms with Gasteiger partial charge in [0.2, 0.25) is 5.82 Å². The molecule has 1 aliphatic heterocycles. The second kappa shape index (κ2) is 10.2. The lowest BCUT2D eigenvalue weighted by Gasteiger charge is -2.35. The maximum absolute atomic E-state index is 13.1. The average molecular weight is 461 g/mol. The van der Waals surface area contributed by atoms with E-state index in [2.05, 4.69) is 36.5 Å². The molecule has 1 aliphatic rings. The molecule has 7 nitrogen and oxygen atoms in total. The molecule has 2 amide bonds. The summed E-state index contributed by atoms with van der Waals surface area (Å²) in [6.07, 6.45) is 0.735. The van der Waals surface area contributed by atoms with E-state index in [4.69, 9.17) is 14.2 Å². The molecular weight excluding hydrogens is 428 g/mol. The number of hydrogen-bond donors (Lipinski definition) is 1. The van der Waals surface area contributed by atoms with Gasteiger partial charge < -0.3 is 14.6 Å². The van der Waals surface area contributed by atoms with Crippen LogP contribution in [0.5, 0.6) is 0 Å². The van der Waals surface area contributed by atoms with Crippen LogP contribution >= 0.6 is 0 Å². The first-order valence-electron chi connectivity index (χ1n) is 11.7. The average Bonchev–Trinajstić information content (AvgIpc) is 3.30. The van der Waals surface area contributed by atoms with E-state index >= 15 is 0 Å². The number of nitrogens with one attached hydrogen (secondary N) is 1. The van der Waals surface area contributed by atoms with Crippen LogP contribution in [0.3, 0.4) is 0 Å². The zero-order valence-electron chi connectivity index (χ0n) is 20.5. The first kappa shape index (κ1) is 23.7. The van der Waals surface area contributed by atoms with Crippen molar-refractivity contribution < 1.29 is 14.1 Å². The van der Waals surface area contributed by atoms with Crippen LogP contribution in [0.15, 0.2) is 52.7 Å². The Kier molecular flexibility index (Phi) is 7.12. The van der Waals surface area contributed by atoms with Gasteiger partial charge in [0.05, 0.1) is 11.6 Å². The van der Waals surface area contributed by atoms with Crippen LogP contribution in [0.1, 0.15) is 54.5 Å². The molecule has 7 heteroatoms. The molecule has 1 aromatic heterocycles. The molecule has 0 radical (unpaired) electrons. The van der Waals surface area contributed by atoms with Gasteiger partial charge in [0, 0.05) is 31.0 Å². The first-order chi connectivity index (χ1) is 16.4. The van der Waals surface area contributed by atoms with E-state index in [1.165, 1.54) is 11.1 Å². The van der Waals surface area contributed by atoms with Gasteiger partial charge in [0.1, 0.15) is 0 Å². The Labute approximate surface area is 200 Å². The van der Waals surface area contributed by atoms with Gasteiger partial charge >= 0.3 is 6.03 Å². The van der Waals surface area contributed by atoms with Crippen LogP contribution in [-0.2, 0) is 4.74 Å². The smallest absolute Gasteiger partial charge is 0.322 e. The topological polar surface area (TPSA) is 80.5 Å². The van der Waals surface area contributed by atoms with Gasteiger partial charge in [0.15, 0.2) is 0 Å². The summed E-state index contributed by atoms with van der Waals surface area (Å²) in [6.45, 7) is 11.9. The Balaban J connectivity index is 1.75. The quantitative estimate of drug-likeness (QED) is 0.444. The number of carbonyl (C=O) groups is 1. The monoisotopic (exact) mass is 460 g/mol. The lowest BCUT2D eigenvalue weighted by atomic mass is 9.92. The van der Waals surface area contributed by atoms with Crippen LogP contribution in [-0.4, -0.2) is 40.8 Å². The predicted octanol–water partition coefficient (Wildman–Crippen LogP) is 5.59. The van der Waals surface area contributed by atoms with Gasteiger partial charge in [-0.2, -0.15) is 4.98 Å². The minimum Gasteiger partial charge on any atom is -0.382 e. The van der Waals surface area contributed by atoms with Crippen LogP contribution in [0.2, 0.25) is 0 Å². The molecule has 2 aromatic carbocycles. The number of aromatic nitrogens is 2. The fourth-order valence-electron chi connectivity index (χ4n) is 4.14. The van der Waals surface area contributed by atoms with E-state index in [0.29, 0.717) is 31.5 Å². The van der Waals surface area contributed by atoms with Gasteiger partial charge in [-0.25, -0.2) is 4.79 Å². The zero-order valence-corrected chi connectivity index (χ0v) is 20.5. The number of amides is 2. The van der Waals surface area contributed by atoms with Gasteiger partial charge in [-0.3, -0.25) is 4.90 Å². The van der Waals surface area contributed by atoms with Crippen molar-refractivity contribution in [3.05, 3.63) is 76.3 Å². The fourth-order valence-corrected chi connectivity index (χ4v) is 4.14. The van der Waals surface area contributed by atoms with Crippen molar-refractivity contribution in [2.24, 2.45) is 0 Å². The predicted molar refractivity (Wildman–Crippen MR) is 132 cm³/mol. The molecule has 1 N–H and O–H groups in total. The van der Waals surface area contributed by atoms with Crippen molar-refractivity contribution in [1.29, 1.82) is 0 Å². The normalized spacial score (nSPS) is 16.2. The highest BCUT2D eigenvalue weighted by atomic mass is 16.5. The number of benzene rings is 2. The highest BCUT2D eigenvalue weighted by Gasteiger charge is 2.35. The van der Waals surface area contributed by atoms with Crippen molar-refractivity contribution >= 4 is 11.6 Å². The van der Waals surface area contributed by atoms with Crippen molar-refractivity contribution in [2.45, 2.75) is 47.1 Å². The number of nitrogens with zero attached hydrogens (tertiary/aromatic N) is 3. The number of rotatable bonds is 8. The van der Waals surface area contributed by atoms with E-state index in [-0.39, 0.29) is 12.1 Å². The van der Waals surface area contributed by atoms with E-state index in [9.17, 15) is 4.79 Å². The molecule has 1 unspecified atom stereocenters. The molecule has 0 saturated heterocycles. The van der Waals surface area contributed by atoms with E-state index in [0.717, 1.165) is 34.4 Å². The first-order valence-corrected chi connectivity index (χ1v) is 11.7. The highest BCUT2D eigenvalue weighted by molar-refractivity contribution is 5.87. The van der Waals surface area contributed by atoms with Gasteiger partial charge in [-0.1, -0.05) is 53.2 Å². The zero-order chi connectivity index (χ0) is 24.2. The third kappa shape index (κ3) is 4.89. The summed E-state index contributed by atoms with van der Waals surface area (Å²) >= 11 is 0. The number of urea groups is 1. The van der Waals surface area contributed by atoms with Crippen LogP contribution in [0.25, 0.3) is 17.0 Å². The number of allylic oxidation sites excluding steroid dienone is 1. The minimum atomic E-state index is -0.388. The lowest BCUT2D eigenvalue weighted by Crippen LogP contribution is -2.46. The third-order valence-corrected chi connectivity index (χ3v) is 6.30. The summed E-state index contributed by atoms with van der Waals surface area (Å²) in [7, 11) is 0. The molecule has 0 bridgehead atoms. The molecule has 2 heterocycles. The van der Waals surface area contributed by atoms with E-state index in [1.54, 1.807) is 4.90 Å². The summed E-state index contributed by atoms with van der Waals surface area (Å²) in [5, 5.41) is 7.41. The summed E-state index contributed by atoms with van der Waals surface area (Å²) in [5.41, 5.74) is 7.01. The summed E-state index contributed by atoms with van der Waals surface area (Å²) in [6, 6.07) is 13.7. The summed E-state index contributed by atoms with van der Waals surface area (Å²) in [4.78, 5) is 19.6. The largest absolute Gasteiger partial charge is 0.382 e. The van der Waals surface area contributed by atoms with Crippen molar-refractivity contribution in [1.82, 2.24) is 20.4 Å². The van der Waals surface area contributed by atoms with Gasteiger partial charge in [-0.05, 0) is 57.7 Å². The maximum atomic E-state index is 13.1. The Morgan fingerprint density at radius 1 is 1.06 bits per heavy atom. The van der Waals surface area contributed by atoms with E-state index in [1.807, 2.05) is 51.1 Å². The maximum Gasteiger partial charge on any atom is 0.322 e. The minimum absolute atomic E-state index is 0.140. The number of ether oxygens (including phenoxy) is 1. The molecule has 34 heavy (non-hydrogen) atoms. The number of hydrogen-bond acceptors (Lipinski definition) is 5. The van der Waals surface area contributed by atoms with E-state index < -0.39 is 0 Å². The number of aryl methyl sites for hydroxylation is 3. The standard InChI is InChI=1S/C27H32N4O3/c1-6-33-15-7-14-31-20(5)23(24(28-27(31)32)22-13-10-18(3)19(4)16-22)26-29-25(30-34-26)21-11-8-17(2)9-12-21/h8-13,16,24H,6-7,14-15H2,1-5H3,(H,28,32). The Hall–Kier alpha value is -3.45. The van der Waals surface area contributed by atoms with Crippen LogP contribution in [0.4, 0.5) is 4.79 Å². The second-order valence-electron chi connectivity index (χ2n) is 8.72. The molecule has 0 fully saturated rings. The molecule has 0 aliphatic carbocycles. The molecule has 178 valence electrons. The SMILES string of the molecule is CCOCCCN1C(=O)NC(c2ccc(C)c(C)c2)C(c2nc(-c3ccc(C)cc3)no2)=C1C. The molecule has 0 saturated carbocycles. The second-order valence-corrected chi connectivity index (χ2v) is 8.72. The van der Waals surface area contributed by atoms with Crippen molar-refractivity contribution in [3.8, 4) is 11.4 Å². The molecule has 4 rings (SSSR count). The molecular formula is C27H32N4O3. The summed E-state index contributed by atoms with van der Waals surface area (Å²) < 4.78 is 11.2. The van der Waals surface area contributed by atoms with Crippen LogP contribution in [0, 0.1) is 20.8 Å². The number of carbonyl (C=O) groups excluding carboxylic acids is 1.